The van der Waals surface area contributed by atoms with Crippen LogP contribution in [0.1, 0.15) is 54.6 Å². The van der Waals surface area contributed by atoms with Gasteiger partial charge in [-0.15, -0.1) is 0 Å². The lowest BCUT2D eigenvalue weighted by molar-refractivity contribution is 0.0939. The molecule has 0 radical (unpaired) electrons. The van der Waals surface area contributed by atoms with Crippen LogP contribution in [-0.4, -0.2) is 31.6 Å². The first kappa shape index (κ1) is 21.0. The Hall–Kier alpha value is -2.67. The van der Waals surface area contributed by atoms with Gasteiger partial charge in [-0.3, -0.25) is 4.79 Å². The molecule has 1 aliphatic rings. The molecule has 1 N–H and O–H groups in total. The number of pyridine rings is 1. The number of carbonyl (C=O) groups is 1. The summed E-state index contributed by atoms with van der Waals surface area (Å²) in [7, 11) is -3.26. The van der Waals surface area contributed by atoms with E-state index in [1.165, 1.54) is 18.9 Å². The van der Waals surface area contributed by atoms with Gasteiger partial charge in [0.2, 0.25) is 0 Å². The summed E-state index contributed by atoms with van der Waals surface area (Å²) in [6.07, 6.45) is 8.92. The highest BCUT2D eigenvalue weighted by atomic mass is 32.2. The van der Waals surface area contributed by atoms with Crippen LogP contribution in [0.4, 0.5) is 0 Å². The summed E-state index contributed by atoms with van der Waals surface area (Å²) in [5.41, 5.74) is 1.25. The van der Waals surface area contributed by atoms with Gasteiger partial charge in [-0.25, -0.2) is 13.4 Å². The molecule has 29 heavy (non-hydrogen) atoms. The largest absolute Gasteiger partial charge is 0.455 e. The third kappa shape index (κ3) is 6.15. The van der Waals surface area contributed by atoms with Crippen molar-refractivity contribution in [2.75, 3.05) is 6.26 Å². The van der Waals surface area contributed by atoms with Gasteiger partial charge in [-0.05, 0) is 49.4 Å². The molecule has 1 aromatic heterocycles. The number of sulfone groups is 1. The van der Waals surface area contributed by atoms with Gasteiger partial charge in [-0.1, -0.05) is 37.1 Å². The summed E-state index contributed by atoms with van der Waals surface area (Å²) in [5.74, 6) is 1.04. The molecule has 1 atom stereocenters. The normalized spacial score (nSPS) is 16.1. The summed E-state index contributed by atoms with van der Waals surface area (Å²) >= 11 is 0. The number of rotatable bonds is 7. The molecule has 0 spiro atoms. The Balaban J connectivity index is 1.85. The van der Waals surface area contributed by atoms with Gasteiger partial charge in [0.1, 0.15) is 5.75 Å². The highest BCUT2D eigenvalue weighted by Crippen LogP contribution is 2.36. The van der Waals surface area contributed by atoms with E-state index in [-0.39, 0.29) is 5.69 Å². The van der Waals surface area contributed by atoms with Gasteiger partial charge in [0.25, 0.3) is 5.91 Å². The fourth-order valence-corrected chi connectivity index (χ4v) is 3.91. The van der Waals surface area contributed by atoms with Crippen LogP contribution in [-0.2, 0) is 9.84 Å². The molecule has 2 aromatic rings. The molecule has 0 aliphatic heterocycles. The van der Waals surface area contributed by atoms with Crippen molar-refractivity contribution in [3.05, 3.63) is 65.3 Å². The van der Waals surface area contributed by atoms with Gasteiger partial charge in [0.15, 0.2) is 21.3 Å². The molecule has 1 amide bonds. The van der Waals surface area contributed by atoms with E-state index >= 15 is 0 Å². The van der Waals surface area contributed by atoms with Crippen molar-refractivity contribution in [1.82, 2.24) is 10.3 Å². The van der Waals surface area contributed by atoms with Crippen molar-refractivity contribution in [2.45, 2.75) is 44.6 Å². The summed E-state index contributed by atoms with van der Waals surface area (Å²) in [5, 5.41) is 3.83. The first-order chi connectivity index (χ1) is 13.8. The molecule has 0 saturated heterocycles. The summed E-state index contributed by atoms with van der Waals surface area (Å²) in [4.78, 5) is 17.2. The third-order valence-corrected chi connectivity index (χ3v) is 5.51. The SMILES string of the molecule is CC(/C=C/S(C)(=O)=O)NC(=O)c1ncc(C2CCCC2)cc1Oc1ccccc1. The predicted molar refractivity (Wildman–Crippen MR) is 113 cm³/mol. The molecule has 6 nitrogen and oxygen atoms in total. The van der Waals surface area contributed by atoms with E-state index in [0.717, 1.165) is 30.1 Å². The molecule has 154 valence electrons. The van der Waals surface area contributed by atoms with Gasteiger partial charge >= 0.3 is 0 Å². The lowest BCUT2D eigenvalue weighted by Gasteiger charge is -2.16. The van der Waals surface area contributed by atoms with Gasteiger partial charge in [-0.2, -0.15) is 0 Å². The molecule has 1 heterocycles. The lowest BCUT2D eigenvalue weighted by Crippen LogP contribution is -2.32. The van der Waals surface area contributed by atoms with Crippen LogP contribution < -0.4 is 10.1 Å². The van der Waals surface area contributed by atoms with Crippen LogP contribution >= 0.6 is 0 Å². The Kier molecular flexibility index (Phi) is 6.69. The smallest absolute Gasteiger partial charge is 0.274 e. The molecule has 0 bridgehead atoms. The van der Waals surface area contributed by atoms with Crippen LogP contribution in [0.2, 0.25) is 0 Å². The fraction of sp³-hybridized carbons (Fsp3) is 0.364. The second kappa shape index (κ2) is 9.22. The van der Waals surface area contributed by atoms with E-state index < -0.39 is 21.8 Å². The number of aromatic nitrogens is 1. The Labute approximate surface area is 171 Å². The minimum Gasteiger partial charge on any atom is -0.455 e. The highest BCUT2D eigenvalue weighted by Gasteiger charge is 2.22. The molecular formula is C22H26N2O4S. The number of para-hydroxylation sites is 1. The molecule has 3 rings (SSSR count). The molecule has 1 aromatic carbocycles. The third-order valence-electron chi connectivity index (χ3n) is 4.86. The molecular weight excluding hydrogens is 388 g/mol. The topological polar surface area (TPSA) is 85.4 Å². The second-order valence-electron chi connectivity index (χ2n) is 7.43. The summed E-state index contributed by atoms with van der Waals surface area (Å²) < 4.78 is 28.5. The fourth-order valence-electron chi connectivity index (χ4n) is 3.39. The highest BCUT2D eigenvalue weighted by molar-refractivity contribution is 7.93. The van der Waals surface area contributed by atoms with Crippen molar-refractivity contribution >= 4 is 15.7 Å². The maximum absolute atomic E-state index is 12.8. The van der Waals surface area contributed by atoms with Crippen LogP contribution in [0, 0.1) is 0 Å². The van der Waals surface area contributed by atoms with Crippen molar-refractivity contribution in [3.8, 4) is 11.5 Å². The zero-order chi connectivity index (χ0) is 20.9. The van der Waals surface area contributed by atoms with Crippen molar-refractivity contribution in [1.29, 1.82) is 0 Å². The molecule has 7 heteroatoms. The number of amides is 1. The predicted octanol–water partition coefficient (Wildman–Crippen LogP) is 4.21. The van der Waals surface area contributed by atoms with E-state index in [9.17, 15) is 13.2 Å². The summed E-state index contributed by atoms with van der Waals surface area (Å²) in [6, 6.07) is 10.7. The van der Waals surface area contributed by atoms with E-state index in [2.05, 4.69) is 10.3 Å². The molecule has 1 fully saturated rings. The minimum absolute atomic E-state index is 0.176. The average Bonchev–Trinajstić information content (AvgIpc) is 3.21. The van der Waals surface area contributed by atoms with Crippen molar-refractivity contribution in [3.63, 3.8) is 0 Å². The van der Waals surface area contributed by atoms with Crippen LogP contribution in [0.3, 0.4) is 0 Å². The number of nitrogens with one attached hydrogen (secondary N) is 1. The first-order valence-corrected chi connectivity index (χ1v) is 11.7. The van der Waals surface area contributed by atoms with Crippen molar-refractivity contribution in [2.24, 2.45) is 0 Å². The second-order valence-corrected chi connectivity index (χ2v) is 9.36. The first-order valence-electron chi connectivity index (χ1n) is 9.74. The number of carbonyl (C=O) groups excluding carboxylic acids is 1. The number of hydrogen-bond donors (Lipinski definition) is 1. The van der Waals surface area contributed by atoms with E-state index in [0.29, 0.717) is 17.4 Å². The Morgan fingerprint density at radius 2 is 1.93 bits per heavy atom. The average molecular weight is 415 g/mol. The maximum atomic E-state index is 12.8. The zero-order valence-corrected chi connectivity index (χ0v) is 17.5. The zero-order valence-electron chi connectivity index (χ0n) is 16.7. The summed E-state index contributed by atoms with van der Waals surface area (Å²) in [6.45, 7) is 1.70. The van der Waals surface area contributed by atoms with Gasteiger partial charge < -0.3 is 10.1 Å². The van der Waals surface area contributed by atoms with E-state index in [4.69, 9.17) is 4.74 Å². The quantitative estimate of drug-likeness (QED) is 0.734. The van der Waals surface area contributed by atoms with E-state index in [1.54, 1.807) is 13.1 Å². The van der Waals surface area contributed by atoms with Gasteiger partial charge in [0.05, 0.1) is 0 Å². The van der Waals surface area contributed by atoms with Crippen molar-refractivity contribution < 1.29 is 17.9 Å². The number of nitrogens with zero attached hydrogens (tertiary/aromatic N) is 1. The Bertz CT molecular complexity index is 981. The van der Waals surface area contributed by atoms with Crippen LogP contribution in [0.25, 0.3) is 0 Å². The number of hydrogen-bond acceptors (Lipinski definition) is 5. The Morgan fingerprint density at radius 3 is 2.59 bits per heavy atom. The lowest BCUT2D eigenvalue weighted by atomic mass is 9.99. The molecule has 1 unspecified atom stereocenters. The maximum Gasteiger partial charge on any atom is 0.274 e. The standard InChI is InChI=1S/C22H26N2O4S/c1-16(12-13-29(2,26)27)24-22(25)21-20(28-19-10-4-3-5-11-19)14-18(15-23-21)17-8-6-7-9-17/h3-5,10-17H,6-9H2,1-2H3,(H,24,25)/b13-12+. The minimum atomic E-state index is -3.26. The Morgan fingerprint density at radius 1 is 1.24 bits per heavy atom. The van der Waals surface area contributed by atoms with Crippen LogP contribution in [0.15, 0.2) is 54.1 Å². The number of ether oxygens (including phenoxy) is 1. The molecule has 1 saturated carbocycles. The molecule has 1 aliphatic carbocycles. The monoisotopic (exact) mass is 414 g/mol. The van der Waals surface area contributed by atoms with Gasteiger partial charge in [0, 0.05) is 23.9 Å². The van der Waals surface area contributed by atoms with E-state index in [1.807, 2.05) is 36.4 Å². The van der Waals surface area contributed by atoms with Crippen LogP contribution in [0.5, 0.6) is 11.5 Å². The number of benzene rings is 1.